The van der Waals surface area contributed by atoms with Crippen molar-refractivity contribution >= 4 is 11.6 Å². The van der Waals surface area contributed by atoms with Gasteiger partial charge in [0.05, 0.1) is 13.2 Å². The van der Waals surface area contributed by atoms with E-state index in [1.54, 1.807) is 7.05 Å². The van der Waals surface area contributed by atoms with E-state index in [0.29, 0.717) is 6.54 Å². The second-order valence-corrected chi connectivity index (χ2v) is 4.37. The van der Waals surface area contributed by atoms with Crippen molar-refractivity contribution in [3.63, 3.8) is 0 Å². The van der Waals surface area contributed by atoms with Crippen LogP contribution in [0, 0.1) is 6.92 Å². The summed E-state index contributed by atoms with van der Waals surface area (Å²) in [5.74, 6) is 0.00841. The average Bonchev–Trinajstić information content (AvgIpc) is 2.38. The van der Waals surface area contributed by atoms with Crippen molar-refractivity contribution in [3.05, 3.63) is 29.3 Å². The molecule has 1 aromatic carbocycles. The van der Waals surface area contributed by atoms with Gasteiger partial charge in [-0.3, -0.25) is 4.79 Å². The summed E-state index contributed by atoms with van der Waals surface area (Å²) in [6.07, 6.45) is 0.984. The predicted molar refractivity (Wildman–Crippen MR) is 73.7 cm³/mol. The zero-order valence-electron chi connectivity index (χ0n) is 11.4. The Morgan fingerprint density at radius 1 is 1.44 bits per heavy atom. The zero-order chi connectivity index (χ0) is 13.5. The SMILES string of the molecule is CCCN(CC(=O)NC)c1ccc(CO)cc1C. The van der Waals surface area contributed by atoms with Crippen molar-refractivity contribution in [1.29, 1.82) is 0 Å². The van der Waals surface area contributed by atoms with E-state index in [1.165, 1.54) is 0 Å². The summed E-state index contributed by atoms with van der Waals surface area (Å²) in [6.45, 7) is 5.34. The number of nitrogens with one attached hydrogen (secondary N) is 1. The molecule has 1 aromatic rings. The van der Waals surface area contributed by atoms with Crippen molar-refractivity contribution in [2.75, 3.05) is 25.0 Å². The number of nitrogens with zero attached hydrogens (tertiary/aromatic N) is 1. The largest absolute Gasteiger partial charge is 0.392 e. The average molecular weight is 250 g/mol. The van der Waals surface area contributed by atoms with Crippen LogP contribution in [-0.4, -0.2) is 31.2 Å². The maximum absolute atomic E-state index is 11.5. The van der Waals surface area contributed by atoms with E-state index in [-0.39, 0.29) is 12.5 Å². The van der Waals surface area contributed by atoms with Gasteiger partial charge in [0.25, 0.3) is 0 Å². The summed E-state index contributed by atoms with van der Waals surface area (Å²) in [7, 11) is 1.65. The highest BCUT2D eigenvalue weighted by molar-refractivity contribution is 5.81. The lowest BCUT2D eigenvalue weighted by Gasteiger charge is -2.25. The smallest absolute Gasteiger partial charge is 0.239 e. The maximum atomic E-state index is 11.5. The van der Waals surface area contributed by atoms with Crippen LogP contribution < -0.4 is 10.2 Å². The molecule has 18 heavy (non-hydrogen) atoms. The van der Waals surface area contributed by atoms with E-state index in [9.17, 15) is 4.79 Å². The minimum absolute atomic E-state index is 0.00841. The van der Waals surface area contributed by atoms with Crippen LogP contribution >= 0.6 is 0 Å². The normalized spacial score (nSPS) is 10.2. The highest BCUT2D eigenvalue weighted by atomic mass is 16.3. The summed E-state index contributed by atoms with van der Waals surface area (Å²) < 4.78 is 0. The molecule has 0 aliphatic heterocycles. The summed E-state index contributed by atoms with van der Waals surface area (Å²) in [5.41, 5.74) is 3.03. The molecule has 0 aliphatic rings. The number of aryl methyl sites for hydroxylation is 1. The van der Waals surface area contributed by atoms with E-state index in [2.05, 4.69) is 17.1 Å². The molecule has 1 amide bonds. The fraction of sp³-hybridized carbons (Fsp3) is 0.500. The van der Waals surface area contributed by atoms with Crippen LogP contribution in [0.5, 0.6) is 0 Å². The number of aliphatic hydroxyl groups is 1. The van der Waals surface area contributed by atoms with E-state index >= 15 is 0 Å². The first kappa shape index (κ1) is 14.5. The van der Waals surface area contributed by atoms with Crippen molar-refractivity contribution in [3.8, 4) is 0 Å². The van der Waals surface area contributed by atoms with Gasteiger partial charge in [-0.1, -0.05) is 19.1 Å². The number of carbonyl (C=O) groups excluding carboxylic acids is 1. The number of carbonyl (C=O) groups is 1. The van der Waals surface area contributed by atoms with Gasteiger partial charge in [0.1, 0.15) is 0 Å². The molecule has 2 N–H and O–H groups in total. The van der Waals surface area contributed by atoms with Gasteiger partial charge in [0.2, 0.25) is 5.91 Å². The van der Waals surface area contributed by atoms with Gasteiger partial charge in [-0.15, -0.1) is 0 Å². The monoisotopic (exact) mass is 250 g/mol. The molecule has 0 bridgehead atoms. The number of likely N-dealkylation sites (N-methyl/N-ethyl adjacent to an activating group) is 1. The Bertz CT molecular complexity index is 405. The lowest BCUT2D eigenvalue weighted by atomic mass is 10.1. The Balaban J connectivity index is 2.94. The molecule has 0 heterocycles. The van der Waals surface area contributed by atoms with Crippen molar-refractivity contribution in [2.45, 2.75) is 26.9 Å². The molecule has 0 aliphatic carbocycles. The highest BCUT2D eigenvalue weighted by Gasteiger charge is 2.12. The Morgan fingerprint density at radius 2 is 2.17 bits per heavy atom. The first-order chi connectivity index (χ1) is 8.62. The quantitative estimate of drug-likeness (QED) is 0.803. The Kier molecular flexibility index (Phi) is 5.65. The third kappa shape index (κ3) is 3.74. The first-order valence-electron chi connectivity index (χ1n) is 6.28. The van der Waals surface area contributed by atoms with Crippen LogP contribution in [0.25, 0.3) is 0 Å². The van der Waals surface area contributed by atoms with Gasteiger partial charge >= 0.3 is 0 Å². The second-order valence-electron chi connectivity index (χ2n) is 4.37. The zero-order valence-corrected chi connectivity index (χ0v) is 11.4. The molecule has 0 spiro atoms. The lowest BCUT2D eigenvalue weighted by Crippen LogP contribution is -2.36. The Labute approximate surface area is 109 Å². The molecule has 0 unspecified atom stereocenters. The van der Waals surface area contributed by atoms with Gasteiger partial charge in [-0.25, -0.2) is 0 Å². The predicted octanol–water partition coefficient (Wildman–Crippen LogP) is 1.45. The van der Waals surface area contributed by atoms with Gasteiger partial charge in [-0.05, 0) is 30.5 Å². The third-order valence-corrected chi connectivity index (χ3v) is 2.89. The molecule has 0 radical (unpaired) electrons. The Morgan fingerprint density at radius 3 is 2.67 bits per heavy atom. The standard InChI is InChI=1S/C14H22N2O2/c1-4-7-16(9-14(18)15-3)13-6-5-12(10-17)8-11(13)2/h5-6,8,17H,4,7,9-10H2,1-3H3,(H,15,18). The van der Waals surface area contributed by atoms with Gasteiger partial charge in [-0.2, -0.15) is 0 Å². The van der Waals surface area contributed by atoms with Gasteiger partial charge in [0, 0.05) is 19.3 Å². The minimum Gasteiger partial charge on any atom is -0.392 e. The van der Waals surface area contributed by atoms with Crippen molar-refractivity contribution in [2.24, 2.45) is 0 Å². The highest BCUT2D eigenvalue weighted by Crippen LogP contribution is 2.21. The maximum Gasteiger partial charge on any atom is 0.239 e. The van der Waals surface area contributed by atoms with E-state index in [4.69, 9.17) is 5.11 Å². The van der Waals surface area contributed by atoms with Crippen LogP contribution in [0.3, 0.4) is 0 Å². The molecule has 0 fully saturated rings. The van der Waals surface area contributed by atoms with E-state index in [0.717, 1.165) is 29.8 Å². The summed E-state index contributed by atoms with van der Waals surface area (Å²) >= 11 is 0. The van der Waals surface area contributed by atoms with E-state index in [1.807, 2.05) is 25.1 Å². The molecule has 1 rings (SSSR count). The van der Waals surface area contributed by atoms with Crippen LogP contribution in [0.1, 0.15) is 24.5 Å². The summed E-state index contributed by atoms with van der Waals surface area (Å²) in [6, 6.07) is 5.83. The fourth-order valence-corrected chi connectivity index (χ4v) is 1.98. The fourth-order valence-electron chi connectivity index (χ4n) is 1.98. The summed E-state index contributed by atoms with van der Waals surface area (Å²) in [4.78, 5) is 13.6. The molecule has 0 aromatic heterocycles. The number of anilines is 1. The molecule has 4 nitrogen and oxygen atoms in total. The topological polar surface area (TPSA) is 52.6 Å². The molecule has 0 saturated carbocycles. The van der Waals surface area contributed by atoms with Crippen LogP contribution in [0.15, 0.2) is 18.2 Å². The third-order valence-electron chi connectivity index (χ3n) is 2.89. The molecule has 4 heteroatoms. The van der Waals surface area contributed by atoms with Crippen molar-refractivity contribution < 1.29 is 9.90 Å². The molecule has 0 atom stereocenters. The molecular weight excluding hydrogens is 228 g/mol. The molecule has 0 saturated heterocycles. The molecular formula is C14H22N2O2. The number of aliphatic hydroxyl groups excluding tert-OH is 1. The van der Waals surface area contributed by atoms with Crippen molar-refractivity contribution in [1.82, 2.24) is 5.32 Å². The minimum atomic E-state index is 0.00841. The summed E-state index contributed by atoms with van der Waals surface area (Å²) in [5, 5.41) is 11.7. The number of hydrogen-bond acceptors (Lipinski definition) is 3. The second kappa shape index (κ2) is 7.01. The van der Waals surface area contributed by atoms with Crippen LogP contribution in [-0.2, 0) is 11.4 Å². The molecule has 100 valence electrons. The number of hydrogen-bond donors (Lipinski definition) is 2. The number of rotatable bonds is 6. The lowest BCUT2D eigenvalue weighted by molar-refractivity contribution is -0.119. The van der Waals surface area contributed by atoms with Gasteiger partial charge < -0.3 is 15.3 Å². The van der Waals surface area contributed by atoms with Gasteiger partial charge in [0.15, 0.2) is 0 Å². The first-order valence-corrected chi connectivity index (χ1v) is 6.28. The van der Waals surface area contributed by atoms with Crippen LogP contribution in [0.2, 0.25) is 0 Å². The van der Waals surface area contributed by atoms with Crippen LogP contribution in [0.4, 0.5) is 5.69 Å². The van der Waals surface area contributed by atoms with E-state index < -0.39 is 0 Å². The Hall–Kier alpha value is -1.55. The number of amides is 1. The number of benzene rings is 1.